The van der Waals surface area contributed by atoms with E-state index in [2.05, 4.69) is 17.4 Å². The molecule has 0 aliphatic carbocycles. The molecular formula is C14H20ClNO. The Balaban J connectivity index is 2.41. The van der Waals surface area contributed by atoms with Crippen molar-refractivity contribution in [2.24, 2.45) is 0 Å². The Labute approximate surface area is 108 Å². The summed E-state index contributed by atoms with van der Waals surface area (Å²) in [6.45, 7) is 4.09. The van der Waals surface area contributed by atoms with Gasteiger partial charge in [-0.2, -0.15) is 0 Å². The number of carbonyl (C=O) groups excluding carboxylic acids is 1. The van der Waals surface area contributed by atoms with Gasteiger partial charge in [-0.15, -0.1) is 11.6 Å². The number of halogens is 1. The van der Waals surface area contributed by atoms with Crippen LogP contribution in [0.3, 0.4) is 0 Å². The molecule has 0 spiro atoms. The van der Waals surface area contributed by atoms with Gasteiger partial charge in [0.15, 0.2) is 0 Å². The Morgan fingerprint density at radius 1 is 1.29 bits per heavy atom. The minimum atomic E-state index is -0.182. The fourth-order valence-electron chi connectivity index (χ4n) is 1.69. The fourth-order valence-corrected chi connectivity index (χ4v) is 1.86. The smallest absolute Gasteiger partial charge is 0.221 e. The van der Waals surface area contributed by atoms with E-state index >= 15 is 0 Å². The molecule has 94 valence electrons. The molecule has 3 heteroatoms. The summed E-state index contributed by atoms with van der Waals surface area (Å²) in [5.74, 6) is 0.402. The second-order valence-corrected chi connectivity index (χ2v) is 5.23. The summed E-state index contributed by atoms with van der Waals surface area (Å²) in [6, 6.07) is 10.3. The standard InChI is InChI=1S/C14H20ClNO/c1-14(2,16-13(17)9-11-15)10-8-12-6-4-3-5-7-12/h3-7H,8-11H2,1-2H3,(H,16,17). The number of hydrogen-bond acceptors (Lipinski definition) is 1. The van der Waals surface area contributed by atoms with Crippen LogP contribution in [0.1, 0.15) is 32.3 Å². The Morgan fingerprint density at radius 3 is 2.53 bits per heavy atom. The van der Waals surface area contributed by atoms with Crippen LogP contribution in [-0.4, -0.2) is 17.3 Å². The highest BCUT2D eigenvalue weighted by Crippen LogP contribution is 2.13. The molecule has 2 nitrogen and oxygen atoms in total. The number of rotatable bonds is 6. The number of aryl methyl sites for hydroxylation is 1. The predicted molar refractivity (Wildman–Crippen MR) is 72.3 cm³/mol. The van der Waals surface area contributed by atoms with Gasteiger partial charge in [0.25, 0.3) is 0 Å². The molecule has 0 unspecified atom stereocenters. The number of nitrogens with one attached hydrogen (secondary N) is 1. The maximum absolute atomic E-state index is 11.5. The van der Waals surface area contributed by atoms with Gasteiger partial charge in [-0.25, -0.2) is 0 Å². The summed E-state index contributed by atoms with van der Waals surface area (Å²) in [7, 11) is 0. The summed E-state index contributed by atoms with van der Waals surface area (Å²) >= 11 is 5.54. The lowest BCUT2D eigenvalue weighted by Gasteiger charge is -2.26. The summed E-state index contributed by atoms with van der Waals surface area (Å²) in [6.07, 6.45) is 2.27. The van der Waals surface area contributed by atoms with Crippen LogP contribution < -0.4 is 5.32 Å². The topological polar surface area (TPSA) is 29.1 Å². The van der Waals surface area contributed by atoms with Crippen LogP contribution in [0.25, 0.3) is 0 Å². The van der Waals surface area contributed by atoms with Crippen LogP contribution in [0.5, 0.6) is 0 Å². The lowest BCUT2D eigenvalue weighted by Crippen LogP contribution is -2.43. The Kier molecular flexibility index (Phi) is 5.49. The highest BCUT2D eigenvalue weighted by atomic mass is 35.5. The normalized spacial score (nSPS) is 11.2. The monoisotopic (exact) mass is 253 g/mol. The van der Waals surface area contributed by atoms with Crippen molar-refractivity contribution in [1.82, 2.24) is 5.32 Å². The summed E-state index contributed by atoms with van der Waals surface area (Å²) < 4.78 is 0. The van der Waals surface area contributed by atoms with Crippen molar-refractivity contribution in [3.63, 3.8) is 0 Å². The van der Waals surface area contributed by atoms with Gasteiger partial charge in [0.05, 0.1) is 0 Å². The van der Waals surface area contributed by atoms with E-state index in [4.69, 9.17) is 11.6 Å². The third-order valence-corrected chi connectivity index (χ3v) is 2.87. The molecule has 0 saturated carbocycles. The Hall–Kier alpha value is -1.02. The van der Waals surface area contributed by atoms with E-state index in [0.29, 0.717) is 12.3 Å². The van der Waals surface area contributed by atoms with Crippen LogP contribution in [0.15, 0.2) is 30.3 Å². The molecule has 17 heavy (non-hydrogen) atoms. The SMILES string of the molecule is CC(C)(CCc1ccccc1)NC(=O)CCCl. The molecule has 1 N–H and O–H groups in total. The highest BCUT2D eigenvalue weighted by molar-refractivity contribution is 6.18. The second-order valence-electron chi connectivity index (χ2n) is 4.86. The lowest BCUT2D eigenvalue weighted by molar-refractivity contribution is -0.122. The number of hydrogen-bond donors (Lipinski definition) is 1. The zero-order valence-electron chi connectivity index (χ0n) is 10.5. The zero-order valence-corrected chi connectivity index (χ0v) is 11.3. The van der Waals surface area contributed by atoms with Gasteiger partial charge < -0.3 is 5.32 Å². The molecule has 0 aliphatic rings. The van der Waals surface area contributed by atoms with Gasteiger partial charge in [0.2, 0.25) is 5.91 Å². The Morgan fingerprint density at radius 2 is 1.94 bits per heavy atom. The van der Waals surface area contributed by atoms with E-state index in [1.54, 1.807) is 0 Å². The number of benzene rings is 1. The molecule has 0 radical (unpaired) electrons. The Bertz CT molecular complexity index is 348. The molecule has 1 aromatic rings. The summed E-state index contributed by atoms with van der Waals surface area (Å²) in [5, 5.41) is 3.00. The third-order valence-electron chi connectivity index (χ3n) is 2.68. The molecule has 0 aromatic heterocycles. The van der Waals surface area contributed by atoms with Crippen LogP contribution in [0.2, 0.25) is 0 Å². The largest absolute Gasteiger partial charge is 0.351 e. The maximum Gasteiger partial charge on any atom is 0.221 e. The maximum atomic E-state index is 11.5. The number of alkyl halides is 1. The third kappa shape index (κ3) is 5.73. The average Bonchev–Trinajstić information content (AvgIpc) is 2.27. The minimum absolute atomic E-state index is 0.0260. The van der Waals surface area contributed by atoms with Crippen molar-refractivity contribution >= 4 is 17.5 Å². The van der Waals surface area contributed by atoms with Crippen LogP contribution in [0.4, 0.5) is 0 Å². The van der Waals surface area contributed by atoms with Gasteiger partial charge in [-0.3, -0.25) is 4.79 Å². The fraction of sp³-hybridized carbons (Fsp3) is 0.500. The molecule has 1 amide bonds. The molecule has 1 rings (SSSR count). The number of carbonyl (C=O) groups is 1. The average molecular weight is 254 g/mol. The first-order valence-corrected chi connectivity index (χ1v) is 6.48. The van der Waals surface area contributed by atoms with Gasteiger partial charge in [0.1, 0.15) is 0 Å². The predicted octanol–water partition coefficient (Wildman–Crippen LogP) is 3.14. The molecule has 0 fully saturated rings. The first-order valence-electron chi connectivity index (χ1n) is 5.94. The zero-order chi connectivity index (χ0) is 12.7. The van der Waals surface area contributed by atoms with Crippen LogP contribution >= 0.6 is 11.6 Å². The van der Waals surface area contributed by atoms with Crippen molar-refractivity contribution in [1.29, 1.82) is 0 Å². The summed E-state index contributed by atoms with van der Waals surface area (Å²) in [5.41, 5.74) is 1.12. The van der Waals surface area contributed by atoms with E-state index < -0.39 is 0 Å². The second kappa shape index (κ2) is 6.65. The van der Waals surface area contributed by atoms with Gasteiger partial charge in [-0.1, -0.05) is 30.3 Å². The molecule has 1 aromatic carbocycles. The van der Waals surface area contributed by atoms with Crippen LogP contribution in [-0.2, 0) is 11.2 Å². The van der Waals surface area contributed by atoms with E-state index in [1.165, 1.54) is 5.56 Å². The molecule has 0 bridgehead atoms. The number of amides is 1. The molecule has 0 aliphatic heterocycles. The summed E-state index contributed by atoms with van der Waals surface area (Å²) in [4.78, 5) is 11.5. The van der Waals surface area contributed by atoms with E-state index in [-0.39, 0.29) is 11.4 Å². The van der Waals surface area contributed by atoms with Crippen molar-refractivity contribution in [2.45, 2.75) is 38.6 Å². The minimum Gasteiger partial charge on any atom is -0.351 e. The van der Waals surface area contributed by atoms with E-state index in [0.717, 1.165) is 12.8 Å². The van der Waals surface area contributed by atoms with Gasteiger partial charge in [-0.05, 0) is 32.3 Å². The highest BCUT2D eigenvalue weighted by Gasteiger charge is 2.19. The quantitative estimate of drug-likeness (QED) is 0.776. The van der Waals surface area contributed by atoms with Gasteiger partial charge in [0, 0.05) is 17.8 Å². The van der Waals surface area contributed by atoms with E-state index in [1.807, 2.05) is 32.0 Å². The van der Waals surface area contributed by atoms with Crippen LogP contribution in [0, 0.1) is 0 Å². The van der Waals surface area contributed by atoms with Crippen molar-refractivity contribution < 1.29 is 4.79 Å². The molecule has 0 atom stereocenters. The van der Waals surface area contributed by atoms with Crippen molar-refractivity contribution in [3.8, 4) is 0 Å². The van der Waals surface area contributed by atoms with Crippen molar-refractivity contribution in [3.05, 3.63) is 35.9 Å². The molecular weight excluding hydrogens is 234 g/mol. The lowest BCUT2D eigenvalue weighted by atomic mass is 9.95. The first kappa shape index (κ1) is 14.0. The van der Waals surface area contributed by atoms with Crippen molar-refractivity contribution in [2.75, 3.05) is 5.88 Å². The first-order chi connectivity index (χ1) is 8.03. The van der Waals surface area contributed by atoms with Gasteiger partial charge >= 0.3 is 0 Å². The van der Waals surface area contributed by atoms with E-state index in [9.17, 15) is 4.79 Å². The molecule has 0 heterocycles. The molecule has 0 saturated heterocycles.